The van der Waals surface area contributed by atoms with E-state index in [1.165, 1.54) is 6.92 Å². The van der Waals surface area contributed by atoms with Gasteiger partial charge in [0.15, 0.2) is 0 Å². The van der Waals surface area contributed by atoms with Gasteiger partial charge >= 0.3 is 11.9 Å². The van der Waals surface area contributed by atoms with Crippen LogP contribution in [0.3, 0.4) is 0 Å². The molecular formula is C15H24O4. The summed E-state index contributed by atoms with van der Waals surface area (Å²) in [6.45, 7) is 12.5. The minimum Gasteiger partial charge on any atom is -0.459 e. The van der Waals surface area contributed by atoms with Gasteiger partial charge in [-0.25, -0.2) is 0 Å². The minimum atomic E-state index is -0.548. The maximum Gasteiger partial charge on any atom is 0.316 e. The fourth-order valence-electron chi connectivity index (χ4n) is 1.93. The third-order valence-corrected chi connectivity index (χ3v) is 3.19. The number of rotatable bonds is 3. The second-order valence-electron chi connectivity index (χ2n) is 6.67. The molecule has 19 heavy (non-hydrogen) atoms. The van der Waals surface area contributed by atoms with E-state index >= 15 is 0 Å². The van der Waals surface area contributed by atoms with Crippen LogP contribution in [0.25, 0.3) is 0 Å². The highest BCUT2D eigenvalue weighted by atomic mass is 16.6. The van der Waals surface area contributed by atoms with Crippen LogP contribution in [0.15, 0.2) is 11.3 Å². The number of hydrogen-bond donors (Lipinski definition) is 0. The van der Waals surface area contributed by atoms with E-state index in [0.29, 0.717) is 12.2 Å². The fraction of sp³-hybridized carbons (Fsp3) is 0.733. The molecule has 1 saturated carbocycles. The highest BCUT2D eigenvalue weighted by Gasteiger charge is 2.57. The second kappa shape index (κ2) is 4.99. The predicted octanol–water partition coefficient (Wildman–Crippen LogP) is 3.21. The van der Waals surface area contributed by atoms with E-state index in [1.54, 1.807) is 0 Å². The number of hydrogen-bond acceptors (Lipinski definition) is 4. The van der Waals surface area contributed by atoms with Crippen molar-refractivity contribution in [1.29, 1.82) is 0 Å². The molecule has 0 bridgehead atoms. The molecule has 0 unspecified atom stereocenters. The van der Waals surface area contributed by atoms with Gasteiger partial charge in [-0.2, -0.15) is 0 Å². The van der Waals surface area contributed by atoms with Crippen LogP contribution in [0.5, 0.6) is 0 Å². The van der Waals surface area contributed by atoms with Crippen molar-refractivity contribution in [2.24, 2.45) is 11.3 Å². The quantitative estimate of drug-likeness (QED) is 0.582. The first-order chi connectivity index (χ1) is 8.47. The van der Waals surface area contributed by atoms with Crippen molar-refractivity contribution in [2.45, 2.75) is 60.5 Å². The number of allylic oxidation sites excluding steroid dienone is 1. The molecule has 0 aromatic heterocycles. The fourth-order valence-corrected chi connectivity index (χ4v) is 1.93. The van der Waals surface area contributed by atoms with Crippen LogP contribution in [-0.4, -0.2) is 17.5 Å². The van der Waals surface area contributed by atoms with Gasteiger partial charge in [0.25, 0.3) is 0 Å². The predicted molar refractivity (Wildman–Crippen MR) is 72.2 cm³/mol. The Morgan fingerprint density at radius 3 is 2.05 bits per heavy atom. The van der Waals surface area contributed by atoms with E-state index < -0.39 is 11.0 Å². The van der Waals surface area contributed by atoms with Gasteiger partial charge in [0, 0.05) is 13.3 Å². The molecule has 0 radical (unpaired) electrons. The minimum absolute atomic E-state index is 0.0206. The maximum atomic E-state index is 12.0. The van der Waals surface area contributed by atoms with Crippen molar-refractivity contribution < 1.29 is 19.1 Å². The van der Waals surface area contributed by atoms with Crippen LogP contribution in [0.1, 0.15) is 54.9 Å². The lowest BCUT2D eigenvalue weighted by Crippen LogP contribution is -2.25. The Bertz CT molecular complexity index is 424. The Balaban J connectivity index is 2.82. The van der Waals surface area contributed by atoms with Gasteiger partial charge in [-0.15, -0.1) is 0 Å². The van der Waals surface area contributed by atoms with E-state index in [4.69, 9.17) is 9.47 Å². The summed E-state index contributed by atoms with van der Waals surface area (Å²) >= 11 is 0. The molecule has 0 aromatic carbocycles. The number of carbonyl (C=O) groups excluding carboxylic acids is 2. The van der Waals surface area contributed by atoms with Crippen LogP contribution in [-0.2, 0) is 19.1 Å². The summed E-state index contributed by atoms with van der Waals surface area (Å²) in [6.07, 6.45) is 0.699. The molecule has 1 aliphatic rings. The van der Waals surface area contributed by atoms with Gasteiger partial charge in [0.05, 0.1) is 11.3 Å². The van der Waals surface area contributed by atoms with Crippen molar-refractivity contribution in [3.63, 3.8) is 0 Å². The second-order valence-corrected chi connectivity index (χ2v) is 6.67. The molecule has 0 saturated heterocycles. The lowest BCUT2D eigenvalue weighted by Gasteiger charge is -2.20. The van der Waals surface area contributed by atoms with Crippen LogP contribution in [0.4, 0.5) is 0 Å². The zero-order valence-corrected chi connectivity index (χ0v) is 12.9. The Morgan fingerprint density at radius 1 is 1.16 bits per heavy atom. The van der Waals surface area contributed by atoms with E-state index in [2.05, 4.69) is 0 Å². The highest BCUT2D eigenvalue weighted by Crippen LogP contribution is 2.52. The van der Waals surface area contributed by atoms with Gasteiger partial charge in [-0.1, -0.05) is 0 Å². The van der Waals surface area contributed by atoms with Gasteiger partial charge in [-0.3, -0.25) is 9.59 Å². The molecule has 0 amide bonds. The maximum absolute atomic E-state index is 12.0. The monoisotopic (exact) mass is 268 g/mol. The summed E-state index contributed by atoms with van der Waals surface area (Å²) in [4.78, 5) is 23.1. The third kappa shape index (κ3) is 3.82. The molecule has 0 N–H and O–H groups in total. The van der Waals surface area contributed by atoms with Gasteiger partial charge in [0.1, 0.15) is 11.4 Å². The van der Waals surface area contributed by atoms with Gasteiger partial charge < -0.3 is 9.47 Å². The smallest absolute Gasteiger partial charge is 0.316 e. The molecule has 1 fully saturated rings. The zero-order valence-electron chi connectivity index (χ0n) is 12.9. The molecule has 4 nitrogen and oxygen atoms in total. The molecular weight excluding hydrogens is 244 g/mol. The highest BCUT2D eigenvalue weighted by molar-refractivity contribution is 5.76. The van der Waals surface area contributed by atoms with Crippen molar-refractivity contribution in [3.8, 4) is 0 Å². The summed E-state index contributed by atoms with van der Waals surface area (Å²) in [7, 11) is 0. The van der Waals surface area contributed by atoms with E-state index in [0.717, 1.165) is 5.57 Å². The average molecular weight is 268 g/mol. The van der Waals surface area contributed by atoms with Crippen molar-refractivity contribution in [2.75, 3.05) is 0 Å². The number of ether oxygens (including phenoxy) is 2. The SMILES string of the molecule is CC(=O)O[C@@]1(C)C[C@H]1C(OC(=O)C(C)(C)C)=C(C)C. The molecule has 0 spiro atoms. The van der Waals surface area contributed by atoms with Crippen molar-refractivity contribution in [3.05, 3.63) is 11.3 Å². The van der Waals surface area contributed by atoms with Crippen LogP contribution >= 0.6 is 0 Å². The lowest BCUT2D eigenvalue weighted by atomic mass is 9.97. The largest absolute Gasteiger partial charge is 0.459 e. The Morgan fingerprint density at radius 2 is 1.68 bits per heavy atom. The van der Waals surface area contributed by atoms with E-state index in [9.17, 15) is 9.59 Å². The normalized spacial score (nSPS) is 25.5. The zero-order chi connectivity index (χ0) is 15.0. The molecule has 2 atom stereocenters. The average Bonchev–Trinajstić information content (AvgIpc) is 2.82. The molecule has 0 aliphatic heterocycles. The first-order valence-corrected chi connectivity index (χ1v) is 6.56. The molecule has 0 heterocycles. The summed E-state index contributed by atoms with van der Waals surface area (Å²) in [6, 6.07) is 0. The molecule has 4 heteroatoms. The number of carbonyl (C=O) groups is 2. The molecule has 0 aromatic rings. The summed E-state index contributed by atoms with van der Waals surface area (Å²) in [5, 5.41) is 0. The van der Waals surface area contributed by atoms with Gasteiger partial charge in [-0.05, 0) is 47.1 Å². The van der Waals surface area contributed by atoms with Crippen molar-refractivity contribution >= 4 is 11.9 Å². The lowest BCUT2D eigenvalue weighted by molar-refractivity contribution is -0.150. The first kappa shape index (κ1) is 15.7. The Hall–Kier alpha value is -1.32. The first-order valence-electron chi connectivity index (χ1n) is 6.56. The van der Waals surface area contributed by atoms with Crippen LogP contribution < -0.4 is 0 Å². The van der Waals surface area contributed by atoms with E-state index in [1.807, 2.05) is 41.5 Å². The molecule has 1 aliphatic carbocycles. The molecule has 108 valence electrons. The summed E-state index contributed by atoms with van der Waals surface area (Å²) < 4.78 is 10.8. The van der Waals surface area contributed by atoms with Crippen LogP contribution in [0, 0.1) is 11.3 Å². The topological polar surface area (TPSA) is 52.6 Å². The number of esters is 2. The standard InChI is InChI=1S/C15H24O4/c1-9(2)12(18-13(17)14(4,5)6)11-8-15(11,7)19-10(3)16/h11H,8H2,1-7H3/t11-,15-/m0/s1. The Labute approximate surface area is 115 Å². The Kier molecular flexibility index (Phi) is 4.13. The summed E-state index contributed by atoms with van der Waals surface area (Å²) in [5.41, 5.74) is -0.136. The van der Waals surface area contributed by atoms with Gasteiger partial charge in [0.2, 0.25) is 0 Å². The summed E-state index contributed by atoms with van der Waals surface area (Å²) in [5.74, 6) is 0.0532. The van der Waals surface area contributed by atoms with Crippen molar-refractivity contribution in [1.82, 2.24) is 0 Å². The molecule has 1 rings (SSSR count). The van der Waals surface area contributed by atoms with Crippen LogP contribution in [0.2, 0.25) is 0 Å². The van der Waals surface area contributed by atoms with E-state index in [-0.39, 0.29) is 17.9 Å². The third-order valence-electron chi connectivity index (χ3n) is 3.19.